The second-order valence-corrected chi connectivity index (χ2v) is 7.15. The molecule has 0 atom stereocenters. The van der Waals surface area contributed by atoms with Crippen molar-refractivity contribution >= 4 is 5.97 Å². The molecule has 0 radical (unpaired) electrons. The fourth-order valence-corrected chi connectivity index (χ4v) is 2.57. The Morgan fingerprint density at radius 2 is 1.60 bits per heavy atom. The number of esters is 1. The van der Waals surface area contributed by atoms with E-state index in [9.17, 15) is 4.79 Å². The molecule has 1 rings (SSSR count). The first-order valence-electron chi connectivity index (χ1n) is 9.70. The molecule has 0 fully saturated rings. The minimum Gasteiger partial charge on any atom is -0.460 e. The molecular weight excluding hydrogens is 314 g/mol. The van der Waals surface area contributed by atoms with Crippen LogP contribution in [-0.2, 0) is 21.0 Å². The van der Waals surface area contributed by atoms with Crippen LogP contribution in [0.15, 0.2) is 30.3 Å². The number of likely N-dealkylation sites (N-methyl/N-ethyl adjacent to an activating group) is 1. The Balaban J connectivity index is 2.05. The standard InChI is InChI=1S/C21H36NO3/c1-4-5-6-7-8-9-13-16-21(23)24-18-17-22(2,3)25-19-20-14-11-10-12-15-20/h10-12,14-15H,4-9,13,16-19H2,1-3H3/q+1. The molecule has 0 saturated carbocycles. The van der Waals surface area contributed by atoms with E-state index in [2.05, 4.69) is 6.92 Å². The lowest BCUT2D eigenvalue weighted by molar-refractivity contribution is -1.08. The number of quaternary nitrogens is 1. The highest BCUT2D eigenvalue weighted by Gasteiger charge is 2.18. The van der Waals surface area contributed by atoms with Crippen LogP contribution in [0.1, 0.15) is 63.9 Å². The molecular formula is C21H36NO3+. The Labute approximate surface area is 153 Å². The van der Waals surface area contributed by atoms with Crippen molar-refractivity contribution < 1.29 is 19.0 Å². The highest BCUT2D eigenvalue weighted by Crippen LogP contribution is 2.09. The van der Waals surface area contributed by atoms with Crippen molar-refractivity contribution in [2.75, 3.05) is 27.2 Å². The summed E-state index contributed by atoms with van der Waals surface area (Å²) in [6.45, 7) is 3.83. The predicted octanol–water partition coefficient (Wildman–Crippen LogP) is 4.88. The largest absolute Gasteiger partial charge is 0.460 e. The highest BCUT2D eigenvalue weighted by atomic mass is 16.7. The molecule has 0 spiro atoms. The maximum absolute atomic E-state index is 11.8. The van der Waals surface area contributed by atoms with E-state index in [1.54, 1.807) is 0 Å². The third-order valence-corrected chi connectivity index (χ3v) is 4.30. The number of hydroxylamine groups is 3. The molecule has 25 heavy (non-hydrogen) atoms. The molecule has 4 heteroatoms. The Morgan fingerprint density at radius 1 is 0.960 bits per heavy atom. The Kier molecular flexibility index (Phi) is 11.2. The lowest BCUT2D eigenvalue weighted by Gasteiger charge is -2.26. The van der Waals surface area contributed by atoms with E-state index in [-0.39, 0.29) is 5.97 Å². The van der Waals surface area contributed by atoms with Gasteiger partial charge in [0.15, 0.2) is 0 Å². The Morgan fingerprint density at radius 3 is 2.28 bits per heavy atom. The number of hydrogen-bond donors (Lipinski definition) is 0. The lowest BCUT2D eigenvalue weighted by Crippen LogP contribution is -2.42. The number of benzene rings is 1. The molecule has 0 aromatic heterocycles. The lowest BCUT2D eigenvalue weighted by atomic mass is 10.1. The van der Waals surface area contributed by atoms with E-state index in [0.29, 0.717) is 30.8 Å². The first-order chi connectivity index (χ1) is 12.0. The maximum Gasteiger partial charge on any atom is 0.305 e. The molecule has 0 unspecified atom stereocenters. The van der Waals surface area contributed by atoms with Gasteiger partial charge in [0.25, 0.3) is 0 Å². The minimum absolute atomic E-state index is 0.0865. The van der Waals surface area contributed by atoms with Crippen LogP contribution in [0.2, 0.25) is 0 Å². The summed E-state index contributed by atoms with van der Waals surface area (Å²) in [4.78, 5) is 17.7. The van der Waals surface area contributed by atoms with Gasteiger partial charge in [-0.3, -0.25) is 4.79 Å². The molecule has 0 heterocycles. The van der Waals surface area contributed by atoms with Gasteiger partial charge in [-0.25, -0.2) is 0 Å². The van der Waals surface area contributed by atoms with Gasteiger partial charge in [-0.2, -0.15) is 9.48 Å². The quantitative estimate of drug-likeness (QED) is 0.208. The van der Waals surface area contributed by atoms with Crippen LogP contribution in [-0.4, -0.2) is 37.9 Å². The van der Waals surface area contributed by atoms with Crippen LogP contribution >= 0.6 is 0 Å². The average molecular weight is 351 g/mol. The third kappa shape index (κ3) is 11.7. The van der Waals surface area contributed by atoms with Gasteiger partial charge in [0.05, 0.1) is 14.1 Å². The van der Waals surface area contributed by atoms with Gasteiger partial charge in [0.2, 0.25) is 0 Å². The molecule has 0 saturated heterocycles. The third-order valence-electron chi connectivity index (χ3n) is 4.30. The van der Waals surface area contributed by atoms with E-state index >= 15 is 0 Å². The van der Waals surface area contributed by atoms with Crippen LogP contribution in [0.5, 0.6) is 0 Å². The first kappa shape index (κ1) is 21.7. The van der Waals surface area contributed by atoms with Gasteiger partial charge >= 0.3 is 5.97 Å². The summed E-state index contributed by atoms with van der Waals surface area (Å²) in [6.07, 6.45) is 9.02. The van der Waals surface area contributed by atoms with Crippen molar-refractivity contribution in [2.24, 2.45) is 0 Å². The molecule has 0 N–H and O–H groups in total. The summed E-state index contributed by atoms with van der Waals surface area (Å²) < 4.78 is 5.72. The maximum atomic E-state index is 11.8. The van der Waals surface area contributed by atoms with E-state index in [1.165, 1.54) is 32.1 Å². The van der Waals surface area contributed by atoms with Gasteiger partial charge in [0.1, 0.15) is 19.8 Å². The normalized spacial score (nSPS) is 11.5. The number of rotatable bonds is 14. The highest BCUT2D eigenvalue weighted by molar-refractivity contribution is 5.69. The zero-order chi connectivity index (χ0) is 18.4. The summed E-state index contributed by atoms with van der Waals surface area (Å²) in [7, 11) is 3.96. The van der Waals surface area contributed by atoms with Crippen molar-refractivity contribution in [2.45, 2.75) is 64.9 Å². The molecule has 1 aromatic carbocycles. The zero-order valence-electron chi connectivity index (χ0n) is 16.3. The number of nitrogens with zero attached hydrogens (tertiary/aromatic N) is 1. The van der Waals surface area contributed by atoms with Crippen LogP contribution in [0, 0.1) is 0 Å². The van der Waals surface area contributed by atoms with E-state index in [1.807, 2.05) is 44.4 Å². The van der Waals surface area contributed by atoms with Gasteiger partial charge in [-0.1, -0.05) is 75.8 Å². The van der Waals surface area contributed by atoms with Crippen LogP contribution in [0.4, 0.5) is 0 Å². The number of unbranched alkanes of at least 4 members (excludes halogenated alkanes) is 6. The van der Waals surface area contributed by atoms with Gasteiger partial charge in [0, 0.05) is 6.42 Å². The average Bonchev–Trinajstić information content (AvgIpc) is 2.60. The molecule has 1 aromatic rings. The summed E-state index contributed by atoms with van der Waals surface area (Å²) in [5, 5.41) is 0. The fraction of sp³-hybridized carbons (Fsp3) is 0.667. The molecule has 0 aliphatic heterocycles. The number of carbonyl (C=O) groups excluding carboxylic acids is 1. The van der Waals surface area contributed by atoms with Gasteiger partial charge < -0.3 is 4.74 Å². The predicted molar refractivity (Wildman–Crippen MR) is 102 cm³/mol. The molecule has 0 aliphatic rings. The monoisotopic (exact) mass is 350 g/mol. The summed E-state index contributed by atoms with van der Waals surface area (Å²) in [5.41, 5.74) is 1.14. The Bertz CT molecular complexity index is 459. The van der Waals surface area contributed by atoms with Crippen molar-refractivity contribution in [1.82, 2.24) is 0 Å². The number of ether oxygens (including phenoxy) is 1. The molecule has 0 bridgehead atoms. The van der Waals surface area contributed by atoms with Crippen LogP contribution in [0.25, 0.3) is 0 Å². The molecule has 0 amide bonds. The molecule has 4 nitrogen and oxygen atoms in total. The molecule has 0 aliphatic carbocycles. The van der Waals surface area contributed by atoms with E-state index in [4.69, 9.17) is 9.57 Å². The Hall–Kier alpha value is -1.39. The van der Waals surface area contributed by atoms with Crippen LogP contribution < -0.4 is 0 Å². The van der Waals surface area contributed by atoms with Crippen molar-refractivity contribution in [3.05, 3.63) is 35.9 Å². The van der Waals surface area contributed by atoms with E-state index in [0.717, 1.165) is 18.4 Å². The molecule has 142 valence electrons. The number of carbonyl (C=O) groups is 1. The fourth-order valence-electron chi connectivity index (χ4n) is 2.57. The van der Waals surface area contributed by atoms with Crippen molar-refractivity contribution in [1.29, 1.82) is 0 Å². The summed E-state index contributed by atoms with van der Waals surface area (Å²) in [5.74, 6) is -0.0865. The second kappa shape index (κ2) is 12.9. The number of hydrogen-bond acceptors (Lipinski definition) is 3. The SMILES string of the molecule is CCCCCCCCCC(=O)OCC[N+](C)(C)OCc1ccccc1. The summed E-state index contributed by atoms with van der Waals surface area (Å²) in [6, 6.07) is 10.1. The van der Waals surface area contributed by atoms with Gasteiger partial charge in [-0.05, 0) is 12.0 Å². The summed E-state index contributed by atoms with van der Waals surface area (Å²) >= 11 is 0. The zero-order valence-corrected chi connectivity index (χ0v) is 16.3. The second-order valence-electron chi connectivity index (χ2n) is 7.15. The minimum atomic E-state index is -0.0865. The van der Waals surface area contributed by atoms with E-state index < -0.39 is 0 Å². The van der Waals surface area contributed by atoms with Gasteiger partial charge in [-0.15, -0.1) is 0 Å². The first-order valence-corrected chi connectivity index (χ1v) is 9.70. The topological polar surface area (TPSA) is 35.5 Å². The van der Waals surface area contributed by atoms with Crippen molar-refractivity contribution in [3.63, 3.8) is 0 Å². The van der Waals surface area contributed by atoms with Crippen molar-refractivity contribution in [3.8, 4) is 0 Å². The smallest absolute Gasteiger partial charge is 0.305 e. The van der Waals surface area contributed by atoms with Crippen LogP contribution in [0.3, 0.4) is 0 Å².